The Kier molecular flexibility index (Phi) is 9.86. The second-order valence-corrected chi connectivity index (χ2v) is 6.90. The molecule has 3 nitrogen and oxygen atoms in total. The number of hydrogen-bond donors (Lipinski definition) is 0. The van der Waals surface area contributed by atoms with Crippen molar-refractivity contribution in [1.82, 2.24) is 9.55 Å². The van der Waals surface area contributed by atoms with Gasteiger partial charge in [0, 0.05) is 11.4 Å². The largest absolute Gasteiger partial charge is 2.00 e. The normalized spacial score (nSPS) is 12.7. The molecule has 0 unspecified atom stereocenters. The molecule has 0 aliphatic rings. The van der Waals surface area contributed by atoms with Gasteiger partial charge in [0.2, 0.25) is 0 Å². The Morgan fingerprint density at radius 3 is 2.59 bits per heavy atom. The Balaban J connectivity index is 0.00000364. The van der Waals surface area contributed by atoms with Crippen LogP contribution in [0.25, 0.3) is 16.8 Å². The zero-order chi connectivity index (χ0) is 19.1. The number of aromatic nitrogens is 2. The monoisotopic (exact) mass is 419 g/mol. The Hall–Kier alpha value is -1.55. The van der Waals surface area contributed by atoms with E-state index >= 15 is 0 Å². The maximum Gasteiger partial charge on any atom is 2.00 e. The van der Waals surface area contributed by atoms with E-state index in [2.05, 4.69) is 49.9 Å². The van der Waals surface area contributed by atoms with Crippen LogP contribution in [0.1, 0.15) is 57.9 Å². The van der Waals surface area contributed by atoms with Crippen LogP contribution in [0.5, 0.6) is 0 Å². The van der Waals surface area contributed by atoms with Gasteiger partial charge >= 0.3 is 18.6 Å². The average Bonchev–Trinajstić information content (AvgIpc) is 2.62. The molecule has 0 amide bonds. The summed E-state index contributed by atoms with van der Waals surface area (Å²) < 4.78 is 1.72. The molecule has 5 heteroatoms. The van der Waals surface area contributed by atoms with E-state index in [0.29, 0.717) is 21.5 Å². The smallest absolute Gasteiger partial charge is 0.442 e. The van der Waals surface area contributed by atoms with Crippen molar-refractivity contribution in [2.24, 2.45) is 0 Å². The summed E-state index contributed by atoms with van der Waals surface area (Å²) in [6.45, 7) is 9.85. The van der Waals surface area contributed by atoms with Gasteiger partial charge in [-0.15, -0.1) is 0 Å². The summed E-state index contributed by atoms with van der Waals surface area (Å²) in [5.74, 6) is 0.512. The third-order valence-corrected chi connectivity index (χ3v) is 4.57. The van der Waals surface area contributed by atoms with Gasteiger partial charge in [-0.3, -0.25) is 4.98 Å². The molecular formula is C22H25ClN2OV. The van der Waals surface area contributed by atoms with Crippen LogP contribution >= 0.6 is 11.6 Å². The van der Waals surface area contributed by atoms with E-state index in [1.807, 2.05) is 6.07 Å². The molecule has 0 saturated heterocycles. The van der Waals surface area contributed by atoms with Crippen LogP contribution in [0.2, 0.25) is 0 Å². The molecule has 0 spiro atoms. The molecule has 1 aromatic heterocycles. The van der Waals surface area contributed by atoms with Gasteiger partial charge in [0.05, 0.1) is 0 Å². The Morgan fingerprint density at radius 2 is 2.04 bits per heavy atom. The van der Waals surface area contributed by atoms with E-state index in [1.54, 1.807) is 23.6 Å². The minimum Gasteiger partial charge on any atom is -0.442 e. The Bertz CT molecular complexity index is 940. The Morgan fingerprint density at radius 1 is 1.37 bits per heavy atom. The molecule has 2 rings (SSSR count). The van der Waals surface area contributed by atoms with Crippen molar-refractivity contribution in [2.75, 3.05) is 0 Å². The summed E-state index contributed by atoms with van der Waals surface area (Å²) >= 11 is 6.16. The van der Waals surface area contributed by atoms with E-state index in [1.165, 1.54) is 5.56 Å². The van der Waals surface area contributed by atoms with Gasteiger partial charge in [-0.1, -0.05) is 57.0 Å². The molecule has 1 heterocycles. The molecule has 0 atom stereocenters. The predicted molar refractivity (Wildman–Crippen MR) is 109 cm³/mol. The van der Waals surface area contributed by atoms with Crippen LogP contribution < -0.4 is 16.1 Å². The molecule has 0 fully saturated rings. The summed E-state index contributed by atoms with van der Waals surface area (Å²) in [7, 11) is 0. The summed E-state index contributed by atoms with van der Waals surface area (Å²) in [5, 5.41) is 1.37. The van der Waals surface area contributed by atoms with Crippen LogP contribution in [-0.4, -0.2) is 9.55 Å². The molecule has 0 saturated carbocycles. The van der Waals surface area contributed by atoms with Crippen molar-refractivity contribution in [3.05, 3.63) is 69.7 Å². The molecule has 27 heavy (non-hydrogen) atoms. The van der Waals surface area contributed by atoms with Gasteiger partial charge < -0.3 is 9.36 Å². The van der Waals surface area contributed by atoms with Crippen molar-refractivity contribution in [1.29, 1.82) is 0 Å². The molecule has 0 bridgehead atoms. The molecule has 1 aromatic carbocycles. The van der Waals surface area contributed by atoms with Crippen molar-refractivity contribution >= 4 is 22.7 Å². The van der Waals surface area contributed by atoms with Gasteiger partial charge in [0.15, 0.2) is 5.56 Å². The second-order valence-electron chi connectivity index (χ2n) is 6.33. The van der Waals surface area contributed by atoms with E-state index in [9.17, 15) is 4.79 Å². The number of hydrogen-bond acceptors (Lipinski definition) is 2. The van der Waals surface area contributed by atoms with Crippen molar-refractivity contribution in [2.45, 2.75) is 52.4 Å². The van der Waals surface area contributed by atoms with E-state index < -0.39 is 5.56 Å². The van der Waals surface area contributed by atoms with Crippen molar-refractivity contribution in [3.8, 4) is 5.69 Å². The van der Waals surface area contributed by atoms with Gasteiger partial charge in [-0.2, -0.15) is 29.4 Å². The van der Waals surface area contributed by atoms with Crippen LogP contribution in [-0.2, 0) is 18.6 Å². The topological polar surface area (TPSA) is 34.9 Å². The Labute approximate surface area is 178 Å². The predicted octanol–water partition coefficient (Wildman–Crippen LogP) is 3.85. The number of allylic oxidation sites excluding steroid dienone is 1. The van der Waals surface area contributed by atoms with Crippen LogP contribution in [0, 0.1) is 12.4 Å². The van der Waals surface area contributed by atoms with Crippen molar-refractivity contribution < 1.29 is 18.6 Å². The first-order valence-electron chi connectivity index (χ1n) is 9.05. The number of nitrogens with zero attached hydrogens (tertiary/aromatic N) is 2. The van der Waals surface area contributed by atoms with Crippen LogP contribution in [0.3, 0.4) is 0 Å². The summed E-state index contributed by atoms with van der Waals surface area (Å²) in [6.07, 6.45) is 10.8. The first-order chi connectivity index (χ1) is 12.5. The summed E-state index contributed by atoms with van der Waals surface area (Å²) in [5.41, 5.74) is 1.67. The van der Waals surface area contributed by atoms with Crippen LogP contribution in [0.4, 0.5) is 0 Å². The van der Waals surface area contributed by atoms with Gasteiger partial charge in [0.1, 0.15) is 0 Å². The van der Waals surface area contributed by atoms with Crippen molar-refractivity contribution in [3.63, 3.8) is 0 Å². The number of rotatable bonds is 7. The molecule has 1 radical (unpaired) electrons. The average molecular weight is 420 g/mol. The van der Waals surface area contributed by atoms with E-state index in [-0.39, 0.29) is 18.6 Å². The maximum atomic E-state index is 12.2. The fourth-order valence-corrected chi connectivity index (χ4v) is 3.41. The zero-order valence-corrected chi connectivity index (χ0v) is 18.3. The molecular weight excluding hydrogens is 395 g/mol. The fraction of sp³-hybridized carbons (Fsp3) is 0.364. The third kappa shape index (κ3) is 5.71. The summed E-state index contributed by atoms with van der Waals surface area (Å²) in [4.78, 5) is 16.0. The fourth-order valence-electron chi connectivity index (χ4n) is 3.23. The first kappa shape index (κ1) is 23.5. The van der Waals surface area contributed by atoms with Gasteiger partial charge in [-0.05, 0) is 36.3 Å². The molecule has 0 aliphatic heterocycles. The molecule has 2 aromatic rings. The SMILES string of the molecule is C=C/C=c1\c(=C(/C)Cl)c(=O)n[c-]n1-c1[c-]ccc(C(CCC)CCC)c1.[V+2]. The number of benzene rings is 1. The zero-order valence-electron chi connectivity index (χ0n) is 16.1. The molecule has 0 N–H and O–H groups in total. The van der Waals surface area contributed by atoms with E-state index in [4.69, 9.17) is 11.6 Å². The van der Waals surface area contributed by atoms with Gasteiger partial charge in [0.25, 0.3) is 0 Å². The summed E-state index contributed by atoms with van der Waals surface area (Å²) in [6, 6.07) is 9.37. The van der Waals surface area contributed by atoms with Crippen LogP contribution in [0.15, 0.2) is 35.6 Å². The first-order valence-corrected chi connectivity index (χ1v) is 9.43. The molecule has 141 valence electrons. The number of halogens is 1. The van der Waals surface area contributed by atoms with E-state index in [0.717, 1.165) is 31.4 Å². The maximum absolute atomic E-state index is 12.2. The second kappa shape index (κ2) is 11.3. The van der Waals surface area contributed by atoms with Gasteiger partial charge in [-0.25, -0.2) is 6.07 Å². The minimum absolute atomic E-state index is 0. The standard InChI is InChI=1S/C22H25ClN2O.V/c1-5-9-17(10-6-2)18-12-8-13-19(14-18)25-15-24-22(26)21(16(4)23)20(25)11-7-3;/h7-8,11-12,14,17H,3,5-6,9-10H2,1-2,4H3;/q-2;+2/b20-11+,21-16-;. The third-order valence-electron chi connectivity index (χ3n) is 4.38. The minimum atomic E-state index is -0.396. The quantitative estimate of drug-likeness (QED) is 0.639. The molecule has 0 aliphatic carbocycles.